The molecule has 0 radical (unpaired) electrons. The van der Waals surface area contributed by atoms with E-state index >= 15 is 0 Å². The summed E-state index contributed by atoms with van der Waals surface area (Å²) in [6.07, 6.45) is 1.53. The zero-order valence-electron chi connectivity index (χ0n) is 16.8. The number of phenolic OH excluding ortho intramolecular Hbond substituents is 1. The van der Waals surface area contributed by atoms with E-state index in [1.807, 2.05) is 54.6 Å². The standard InChI is InChI=1S/C25H16Cl2N2O3/c1-31-23-11-15(26)10-14(24(23)30)13-28-16-8-9-22-21(12-16)29-25(32-22)19-6-2-5-18-17(19)4-3-7-20(18)27/h2-13,30H,1H3. The van der Waals surface area contributed by atoms with Gasteiger partial charge in [0, 0.05) is 38.8 Å². The second-order valence-corrected chi connectivity index (χ2v) is 7.96. The Hall–Kier alpha value is -3.54. The highest BCUT2D eigenvalue weighted by atomic mass is 35.5. The highest BCUT2D eigenvalue weighted by Crippen LogP contribution is 2.35. The van der Waals surface area contributed by atoms with Crippen molar-refractivity contribution in [2.75, 3.05) is 7.11 Å². The molecule has 0 bridgehead atoms. The van der Waals surface area contributed by atoms with Crippen molar-refractivity contribution in [1.29, 1.82) is 0 Å². The van der Waals surface area contributed by atoms with Gasteiger partial charge in [-0.25, -0.2) is 4.98 Å². The Morgan fingerprint density at radius 1 is 1.00 bits per heavy atom. The summed E-state index contributed by atoms with van der Waals surface area (Å²) in [5.74, 6) is 0.761. The fraction of sp³-hybridized carbons (Fsp3) is 0.0400. The van der Waals surface area contributed by atoms with Gasteiger partial charge in [-0.3, -0.25) is 4.99 Å². The first-order valence-electron chi connectivity index (χ1n) is 9.72. The Balaban J connectivity index is 1.53. The monoisotopic (exact) mass is 462 g/mol. The van der Waals surface area contributed by atoms with E-state index in [0.717, 1.165) is 16.3 Å². The van der Waals surface area contributed by atoms with Crippen molar-refractivity contribution in [3.8, 4) is 23.0 Å². The quantitative estimate of drug-likeness (QED) is 0.282. The minimum absolute atomic E-state index is 0.0277. The number of rotatable bonds is 4. The molecule has 7 heteroatoms. The lowest BCUT2D eigenvalue weighted by atomic mass is 10.0. The van der Waals surface area contributed by atoms with Gasteiger partial charge in [0.2, 0.25) is 5.89 Å². The van der Waals surface area contributed by atoms with Gasteiger partial charge in [-0.05, 0) is 41.8 Å². The molecule has 5 nitrogen and oxygen atoms in total. The second kappa shape index (κ2) is 8.19. The number of halogens is 2. The summed E-state index contributed by atoms with van der Waals surface area (Å²) < 4.78 is 11.1. The number of benzene rings is 4. The largest absolute Gasteiger partial charge is 0.504 e. The van der Waals surface area contributed by atoms with Gasteiger partial charge in [-0.1, -0.05) is 47.5 Å². The van der Waals surface area contributed by atoms with E-state index in [-0.39, 0.29) is 11.5 Å². The van der Waals surface area contributed by atoms with Gasteiger partial charge in [0.1, 0.15) is 5.52 Å². The van der Waals surface area contributed by atoms with Crippen LogP contribution in [0.5, 0.6) is 11.5 Å². The molecule has 0 aliphatic rings. The smallest absolute Gasteiger partial charge is 0.227 e. The molecule has 0 amide bonds. The molecule has 1 N–H and O–H groups in total. The summed E-state index contributed by atoms with van der Waals surface area (Å²) >= 11 is 12.4. The molecule has 158 valence electrons. The molecule has 4 aromatic carbocycles. The normalized spacial score (nSPS) is 11.6. The van der Waals surface area contributed by atoms with E-state index in [1.165, 1.54) is 19.4 Å². The van der Waals surface area contributed by atoms with Crippen LogP contribution in [-0.4, -0.2) is 23.4 Å². The number of oxazole rings is 1. The molecule has 1 heterocycles. The average molecular weight is 463 g/mol. The van der Waals surface area contributed by atoms with Gasteiger partial charge >= 0.3 is 0 Å². The molecular formula is C25H16Cl2N2O3. The highest BCUT2D eigenvalue weighted by Gasteiger charge is 2.13. The minimum atomic E-state index is -0.0277. The van der Waals surface area contributed by atoms with E-state index in [1.54, 1.807) is 6.07 Å². The first-order valence-corrected chi connectivity index (χ1v) is 10.5. The number of ether oxygens (including phenoxy) is 1. The third-order valence-corrected chi connectivity index (χ3v) is 5.66. The molecule has 0 unspecified atom stereocenters. The van der Waals surface area contributed by atoms with Crippen molar-refractivity contribution in [1.82, 2.24) is 4.98 Å². The number of aromatic nitrogens is 1. The summed E-state index contributed by atoms with van der Waals surface area (Å²) in [6, 6.07) is 20.2. The number of hydrogen-bond acceptors (Lipinski definition) is 5. The zero-order chi connectivity index (χ0) is 22.2. The minimum Gasteiger partial charge on any atom is -0.504 e. The number of aliphatic imine (C=N–C) groups is 1. The number of aromatic hydroxyl groups is 1. The Bertz CT molecular complexity index is 1510. The molecule has 0 saturated heterocycles. The van der Waals surface area contributed by atoms with Crippen molar-refractivity contribution in [2.45, 2.75) is 0 Å². The van der Waals surface area contributed by atoms with Gasteiger partial charge in [-0.2, -0.15) is 0 Å². The molecule has 1 aromatic heterocycles. The van der Waals surface area contributed by atoms with Crippen LogP contribution in [-0.2, 0) is 0 Å². The number of methoxy groups -OCH3 is 1. The van der Waals surface area contributed by atoms with Crippen molar-refractivity contribution in [3.05, 3.63) is 82.3 Å². The molecule has 32 heavy (non-hydrogen) atoms. The van der Waals surface area contributed by atoms with Crippen LogP contribution >= 0.6 is 23.2 Å². The van der Waals surface area contributed by atoms with E-state index < -0.39 is 0 Å². The van der Waals surface area contributed by atoms with E-state index in [9.17, 15) is 5.11 Å². The van der Waals surface area contributed by atoms with E-state index in [0.29, 0.717) is 38.3 Å². The van der Waals surface area contributed by atoms with Crippen LogP contribution < -0.4 is 4.74 Å². The first kappa shape index (κ1) is 20.4. The van der Waals surface area contributed by atoms with Crippen LogP contribution in [0.4, 0.5) is 5.69 Å². The number of hydrogen-bond donors (Lipinski definition) is 1. The number of fused-ring (bicyclic) bond motifs is 2. The van der Waals surface area contributed by atoms with Crippen LogP contribution in [0, 0.1) is 0 Å². The fourth-order valence-corrected chi connectivity index (χ4v) is 4.02. The van der Waals surface area contributed by atoms with Crippen molar-refractivity contribution < 1.29 is 14.3 Å². The predicted octanol–water partition coefficient (Wildman–Crippen LogP) is 7.42. The first-order chi connectivity index (χ1) is 15.5. The van der Waals surface area contributed by atoms with Gasteiger partial charge in [0.05, 0.1) is 12.8 Å². The molecule has 0 atom stereocenters. The van der Waals surface area contributed by atoms with Crippen LogP contribution in [0.3, 0.4) is 0 Å². The maximum absolute atomic E-state index is 10.3. The molecule has 5 aromatic rings. The Morgan fingerprint density at radius 2 is 1.81 bits per heavy atom. The third-order valence-electron chi connectivity index (χ3n) is 5.11. The SMILES string of the molecule is COc1cc(Cl)cc(C=Nc2ccc3oc(-c4cccc5c(Cl)cccc45)nc3c2)c1O. The van der Waals surface area contributed by atoms with Crippen LogP contribution in [0.25, 0.3) is 33.3 Å². The fourth-order valence-electron chi connectivity index (χ4n) is 3.56. The second-order valence-electron chi connectivity index (χ2n) is 7.12. The maximum atomic E-state index is 10.3. The van der Waals surface area contributed by atoms with Gasteiger partial charge < -0.3 is 14.3 Å². The predicted molar refractivity (Wildman–Crippen MR) is 129 cm³/mol. The lowest BCUT2D eigenvalue weighted by Gasteiger charge is -2.06. The van der Waals surface area contributed by atoms with Gasteiger partial charge in [-0.15, -0.1) is 0 Å². The summed E-state index contributed by atoms with van der Waals surface area (Å²) in [5, 5.41) is 13.3. The molecule has 0 aliphatic carbocycles. The van der Waals surface area contributed by atoms with Gasteiger partial charge in [0.25, 0.3) is 0 Å². The number of nitrogens with zero attached hydrogens (tertiary/aromatic N) is 2. The van der Waals surface area contributed by atoms with Crippen molar-refractivity contribution in [3.63, 3.8) is 0 Å². The Kier molecular flexibility index (Phi) is 5.21. The third kappa shape index (κ3) is 3.66. The molecule has 0 aliphatic heterocycles. The van der Waals surface area contributed by atoms with Crippen molar-refractivity contribution >= 4 is 57.0 Å². The lowest BCUT2D eigenvalue weighted by molar-refractivity contribution is 0.373. The summed E-state index contributed by atoms with van der Waals surface area (Å²) in [4.78, 5) is 9.11. The molecule has 0 saturated carbocycles. The molecule has 5 rings (SSSR count). The molecular weight excluding hydrogens is 447 g/mol. The zero-order valence-corrected chi connectivity index (χ0v) is 18.4. The topological polar surface area (TPSA) is 67.9 Å². The Morgan fingerprint density at radius 3 is 2.66 bits per heavy atom. The number of phenols is 1. The van der Waals surface area contributed by atoms with E-state index in [2.05, 4.69) is 9.98 Å². The van der Waals surface area contributed by atoms with Crippen LogP contribution in [0.1, 0.15) is 5.56 Å². The van der Waals surface area contributed by atoms with Gasteiger partial charge in [0.15, 0.2) is 17.1 Å². The lowest BCUT2D eigenvalue weighted by Crippen LogP contribution is -1.89. The average Bonchev–Trinajstić information content (AvgIpc) is 3.22. The van der Waals surface area contributed by atoms with Crippen LogP contribution in [0.15, 0.2) is 76.1 Å². The highest BCUT2D eigenvalue weighted by molar-refractivity contribution is 6.35. The summed E-state index contributed by atoms with van der Waals surface area (Å²) in [7, 11) is 1.46. The Labute approximate surface area is 193 Å². The van der Waals surface area contributed by atoms with Crippen molar-refractivity contribution in [2.24, 2.45) is 4.99 Å². The molecule has 0 fully saturated rings. The van der Waals surface area contributed by atoms with Crippen LogP contribution in [0.2, 0.25) is 10.0 Å². The summed E-state index contributed by atoms with van der Waals surface area (Å²) in [5.41, 5.74) is 3.27. The molecule has 0 spiro atoms. The summed E-state index contributed by atoms with van der Waals surface area (Å²) in [6.45, 7) is 0. The van der Waals surface area contributed by atoms with E-state index in [4.69, 9.17) is 32.4 Å². The maximum Gasteiger partial charge on any atom is 0.227 e.